The van der Waals surface area contributed by atoms with Crippen LogP contribution in [0.4, 0.5) is 11.4 Å². The van der Waals surface area contributed by atoms with Crippen molar-refractivity contribution in [1.29, 1.82) is 0 Å². The zero-order chi connectivity index (χ0) is 14.3. The Morgan fingerprint density at radius 3 is 2.50 bits per heavy atom. The maximum absolute atomic E-state index is 12.6. The van der Waals surface area contributed by atoms with Crippen molar-refractivity contribution in [2.45, 2.75) is 6.42 Å². The molecule has 1 aliphatic rings. The van der Waals surface area contributed by atoms with Gasteiger partial charge in [-0.1, -0.05) is 41.4 Å². The standard InChI is InChI=1S/C15H12Cl2N2O/c16-11-7-10(8-12(17)14(11)18)15(20)19-6-5-9-3-1-2-4-13(9)19/h1-4,7-8H,5-6,18H2. The Hall–Kier alpha value is -1.71. The van der Waals surface area contributed by atoms with E-state index in [9.17, 15) is 4.79 Å². The second kappa shape index (κ2) is 5.00. The number of carbonyl (C=O) groups is 1. The molecule has 0 saturated carbocycles. The van der Waals surface area contributed by atoms with Crippen LogP contribution in [0.25, 0.3) is 0 Å². The highest BCUT2D eigenvalue weighted by Gasteiger charge is 2.25. The van der Waals surface area contributed by atoms with Crippen molar-refractivity contribution in [1.82, 2.24) is 0 Å². The molecule has 2 N–H and O–H groups in total. The van der Waals surface area contributed by atoms with Gasteiger partial charge in [0.1, 0.15) is 0 Å². The van der Waals surface area contributed by atoms with E-state index in [0.29, 0.717) is 27.8 Å². The van der Waals surface area contributed by atoms with Crippen LogP contribution in [0.15, 0.2) is 36.4 Å². The van der Waals surface area contributed by atoms with Gasteiger partial charge in [-0.25, -0.2) is 0 Å². The Morgan fingerprint density at radius 1 is 1.15 bits per heavy atom. The summed E-state index contributed by atoms with van der Waals surface area (Å²) in [4.78, 5) is 14.3. The Labute approximate surface area is 126 Å². The molecule has 0 spiro atoms. The third-order valence-electron chi connectivity index (χ3n) is 3.46. The number of nitrogens with zero attached hydrogens (tertiary/aromatic N) is 1. The number of para-hydroxylation sites is 1. The molecular formula is C15H12Cl2N2O. The fraction of sp³-hybridized carbons (Fsp3) is 0.133. The first-order chi connectivity index (χ1) is 9.58. The van der Waals surface area contributed by atoms with Gasteiger partial charge in [-0.3, -0.25) is 4.79 Å². The van der Waals surface area contributed by atoms with Gasteiger partial charge >= 0.3 is 0 Å². The minimum Gasteiger partial charge on any atom is -0.396 e. The smallest absolute Gasteiger partial charge is 0.258 e. The molecule has 0 unspecified atom stereocenters. The van der Waals surface area contributed by atoms with E-state index >= 15 is 0 Å². The highest BCUT2D eigenvalue weighted by molar-refractivity contribution is 6.39. The number of nitrogens with two attached hydrogens (primary N) is 1. The summed E-state index contributed by atoms with van der Waals surface area (Å²) in [6.45, 7) is 0.664. The fourth-order valence-corrected chi connectivity index (χ4v) is 2.90. The van der Waals surface area contributed by atoms with E-state index in [-0.39, 0.29) is 5.91 Å². The highest BCUT2D eigenvalue weighted by atomic mass is 35.5. The van der Waals surface area contributed by atoms with Crippen LogP contribution in [-0.2, 0) is 6.42 Å². The number of amides is 1. The molecule has 1 heterocycles. The Bertz CT molecular complexity index is 677. The van der Waals surface area contributed by atoms with Crippen LogP contribution in [0.1, 0.15) is 15.9 Å². The largest absolute Gasteiger partial charge is 0.396 e. The summed E-state index contributed by atoms with van der Waals surface area (Å²) >= 11 is 12.0. The molecule has 1 amide bonds. The van der Waals surface area contributed by atoms with Crippen LogP contribution in [0.5, 0.6) is 0 Å². The van der Waals surface area contributed by atoms with Crippen molar-refractivity contribution >= 4 is 40.5 Å². The van der Waals surface area contributed by atoms with Crippen LogP contribution in [0.3, 0.4) is 0 Å². The van der Waals surface area contributed by atoms with Gasteiger partial charge in [-0.05, 0) is 30.2 Å². The SMILES string of the molecule is Nc1c(Cl)cc(C(=O)N2CCc3ccccc32)cc1Cl. The topological polar surface area (TPSA) is 46.3 Å². The van der Waals surface area contributed by atoms with Gasteiger partial charge in [-0.15, -0.1) is 0 Å². The van der Waals surface area contributed by atoms with Crippen molar-refractivity contribution in [2.75, 3.05) is 17.2 Å². The van der Waals surface area contributed by atoms with Crippen LogP contribution in [-0.4, -0.2) is 12.5 Å². The fourth-order valence-electron chi connectivity index (χ4n) is 2.41. The van der Waals surface area contributed by atoms with Gasteiger partial charge in [0.15, 0.2) is 0 Å². The van der Waals surface area contributed by atoms with E-state index in [4.69, 9.17) is 28.9 Å². The number of fused-ring (bicyclic) bond motifs is 1. The summed E-state index contributed by atoms with van der Waals surface area (Å²) in [5.74, 6) is -0.112. The average molecular weight is 307 g/mol. The third-order valence-corrected chi connectivity index (χ3v) is 4.08. The van der Waals surface area contributed by atoms with Crippen LogP contribution in [0, 0.1) is 0 Å². The van der Waals surface area contributed by atoms with Crippen molar-refractivity contribution < 1.29 is 4.79 Å². The summed E-state index contributed by atoms with van der Waals surface area (Å²) < 4.78 is 0. The van der Waals surface area contributed by atoms with Crippen molar-refractivity contribution in [2.24, 2.45) is 0 Å². The lowest BCUT2D eigenvalue weighted by Gasteiger charge is -2.18. The first-order valence-corrected chi connectivity index (χ1v) is 6.98. The molecule has 0 aromatic heterocycles. The number of rotatable bonds is 1. The molecule has 5 heteroatoms. The van der Waals surface area contributed by atoms with E-state index in [0.717, 1.165) is 12.1 Å². The highest BCUT2D eigenvalue weighted by Crippen LogP contribution is 2.32. The van der Waals surface area contributed by atoms with E-state index in [1.165, 1.54) is 5.56 Å². The van der Waals surface area contributed by atoms with Gasteiger partial charge in [0, 0.05) is 17.8 Å². The van der Waals surface area contributed by atoms with Crippen molar-refractivity contribution in [3.63, 3.8) is 0 Å². The van der Waals surface area contributed by atoms with Crippen molar-refractivity contribution in [3.8, 4) is 0 Å². The van der Waals surface area contributed by atoms with Crippen LogP contribution >= 0.6 is 23.2 Å². The Balaban J connectivity index is 1.99. The van der Waals surface area contributed by atoms with Gasteiger partial charge in [0.25, 0.3) is 5.91 Å². The molecule has 20 heavy (non-hydrogen) atoms. The number of hydrogen-bond donors (Lipinski definition) is 1. The second-order valence-electron chi connectivity index (χ2n) is 4.69. The summed E-state index contributed by atoms with van der Waals surface area (Å²) in [5, 5.41) is 0.599. The zero-order valence-corrected chi connectivity index (χ0v) is 12.1. The monoisotopic (exact) mass is 306 g/mol. The molecule has 2 aromatic rings. The average Bonchev–Trinajstić information content (AvgIpc) is 2.87. The number of hydrogen-bond acceptors (Lipinski definition) is 2. The lowest BCUT2D eigenvalue weighted by atomic mass is 10.1. The second-order valence-corrected chi connectivity index (χ2v) is 5.50. The molecule has 3 nitrogen and oxygen atoms in total. The molecule has 0 aliphatic carbocycles. The van der Waals surface area contributed by atoms with Gasteiger partial charge in [0.2, 0.25) is 0 Å². The summed E-state index contributed by atoms with van der Waals surface area (Å²) in [5.41, 5.74) is 8.56. The maximum Gasteiger partial charge on any atom is 0.258 e. The summed E-state index contributed by atoms with van der Waals surface area (Å²) in [6.07, 6.45) is 0.859. The minimum absolute atomic E-state index is 0.112. The third kappa shape index (κ3) is 2.13. The number of nitrogen functional groups attached to an aromatic ring is 1. The molecule has 3 rings (SSSR count). The van der Waals surface area contributed by atoms with Gasteiger partial charge in [-0.2, -0.15) is 0 Å². The molecule has 0 atom stereocenters. The first kappa shape index (κ1) is 13.3. The van der Waals surface area contributed by atoms with Gasteiger partial charge < -0.3 is 10.6 Å². The Morgan fingerprint density at radius 2 is 1.80 bits per heavy atom. The summed E-state index contributed by atoms with van der Waals surface area (Å²) in [7, 11) is 0. The van der Waals surface area contributed by atoms with Crippen LogP contribution < -0.4 is 10.6 Å². The number of benzene rings is 2. The zero-order valence-electron chi connectivity index (χ0n) is 10.6. The molecule has 0 radical (unpaired) electrons. The van der Waals surface area contributed by atoms with E-state index in [2.05, 4.69) is 0 Å². The lowest BCUT2D eigenvalue weighted by Crippen LogP contribution is -2.28. The van der Waals surface area contributed by atoms with E-state index in [1.54, 1.807) is 17.0 Å². The molecule has 0 bridgehead atoms. The van der Waals surface area contributed by atoms with E-state index in [1.807, 2.05) is 24.3 Å². The number of anilines is 2. The minimum atomic E-state index is -0.112. The molecule has 0 fully saturated rings. The van der Waals surface area contributed by atoms with Crippen molar-refractivity contribution in [3.05, 3.63) is 57.6 Å². The molecule has 2 aromatic carbocycles. The predicted octanol–water partition coefficient (Wildman–Crippen LogP) is 3.78. The summed E-state index contributed by atoms with van der Waals surface area (Å²) in [6, 6.07) is 11.0. The number of carbonyl (C=O) groups excluding carboxylic acids is 1. The molecule has 102 valence electrons. The molecular weight excluding hydrogens is 295 g/mol. The van der Waals surface area contributed by atoms with E-state index < -0.39 is 0 Å². The normalized spacial score (nSPS) is 13.4. The maximum atomic E-state index is 12.6. The molecule has 1 aliphatic heterocycles. The van der Waals surface area contributed by atoms with Gasteiger partial charge in [0.05, 0.1) is 15.7 Å². The predicted molar refractivity (Wildman–Crippen MR) is 82.7 cm³/mol. The molecule has 0 saturated heterocycles. The lowest BCUT2D eigenvalue weighted by molar-refractivity contribution is 0.0989. The first-order valence-electron chi connectivity index (χ1n) is 6.22. The Kier molecular flexibility index (Phi) is 3.32. The number of halogens is 2. The van der Waals surface area contributed by atoms with Crippen LogP contribution in [0.2, 0.25) is 10.0 Å². The quantitative estimate of drug-likeness (QED) is 0.815.